The fraction of sp³-hybridized carbons (Fsp3) is 0.533. The van der Waals surface area contributed by atoms with E-state index in [0.717, 1.165) is 30.8 Å². The average Bonchev–Trinajstić information content (AvgIpc) is 2.41. The van der Waals surface area contributed by atoms with Crippen LogP contribution in [-0.2, 0) is 16.1 Å². The summed E-state index contributed by atoms with van der Waals surface area (Å²) in [4.78, 5) is 11.5. The van der Waals surface area contributed by atoms with Gasteiger partial charge in [-0.2, -0.15) is 0 Å². The maximum atomic E-state index is 11.5. The zero-order valence-electron chi connectivity index (χ0n) is 11.9. The second-order valence-corrected chi connectivity index (χ2v) is 4.90. The lowest BCUT2D eigenvalue weighted by Gasteiger charge is -2.25. The molecular formula is C15H22N2O3. The van der Waals surface area contributed by atoms with Crippen LogP contribution in [0.2, 0.25) is 0 Å². The monoisotopic (exact) mass is 278 g/mol. The molecule has 0 spiro atoms. The van der Waals surface area contributed by atoms with Crippen molar-refractivity contribution in [3.63, 3.8) is 0 Å². The van der Waals surface area contributed by atoms with Crippen molar-refractivity contribution in [1.29, 1.82) is 0 Å². The van der Waals surface area contributed by atoms with Gasteiger partial charge in [-0.1, -0.05) is 12.1 Å². The molecule has 1 saturated heterocycles. The summed E-state index contributed by atoms with van der Waals surface area (Å²) >= 11 is 0. The molecule has 1 aromatic carbocycles. The highest BCUT2D eigenvalue weighted by Gasteiger charge is 2.23. The summed E-state index contributed by atoms with van der Waals surface area (Å²) in [6.07, 6.45) is 0.835. The smallest absolute Gasteiger partial charge is 0.225 e. The topological polar surface area (TPSA) is 59.6 Å². The van der Waals surface area contributed by atoms with Crippen molar-refractivity contribution in [1.82, 2.24) is 10.6 Å². The highest BCUT2D eigenvalue weighted by atomic mass is 16.5. The Balaban J connectivity index is 1.51. The Labute approximate surface area is 119 Å². The predicted molar refractivity (Wildman–Crippen MR) is 76.6 cm³/mol. The van der Waals surface area contributed by atoms with E-state index >= 15 is 0 Å². The average molecular weight is 278 g/mol. The van der Waals surface area contributed by atoms with Gasteiger partial charge >= 0.3 is 0 Å². The van der Waals surface area contributed by atoms with E-state index in [1.807, 2.05) is 24.3 Å². The Bertz CT molecular complexity index is 416. The van der Waals surface area contributed by atoms with Gasteiger partial charge in [0.2, 0.25) is 5.91 Å². The molecular weight excluding hydrogens is 256 g/mol. The summed E-state index contributed by atoms with van der Waals surface area (Å²) in [5, 5.41) is 6.01. The quantitative estimate of drug-likeness (QED) is 0.695. The van der Waals surface area contributed by atoms with E-state index in [2.05, 4.69) is 10.6 Å². The van der Waals surface area contributed by atoms with Crippen molar-refractivity contribution in [3.05, 3.63) is 29.8 Å². The van der Waals surface area contributed by atoms with Crippen molar-refractivity contribution < 1.29 is 14.3 Å². The van der Waals surface area contributed by atoms with Crippen LogP contribution in [0.3, 0.4) is 0 Å². The lowest BCUT2D eigenvalue weighted by Crippen LogP contribution is -2.50. The number of nitrogens with one attached hydrogen (secondary N) is 2. The molecule has 2 rings (SSSR count). The number of hydrogen-bond donors (Lipinski definition) is 2. The van der Waals surface area contributed by atoms with Gasteiger partial charge in [-0.3, -0.25) is 4.79 Å². The third-order valence-corrected chi connectivity index (χ3v) is 3.34. The van der Waals surface area contributed by atoms with E-state index in [1.165, 1.54) is 0 Å². The van der Waals surface area contributed by atoms with Crippen LogP contribution < -0.4 is 15.4 Å². The first-order valence-corrected chi connectivity index (χ1v) is 6.98. The van der Waals surface area contributed by atoms with Crippen LogP contribution in [0.4, 0.5) is 0 Å². The second-order valence-electron chi connectivity index (χ2n) is 4.90. The molecule has 0 radical (unpaired) electrons. The van der Waals surface area contributed by atoms with Gasteiger partial charge in [-0.15, -0.1) is 0 Å². The van der Waals surface area contributed by atoms with E-state index in [4.69, 9.17) is 9.47 Å². The Morgan fingerprint density at radius 2 is 2.10 bits per heavy atom. The van der Waals surface area contributed by atoms with Gasteiger partial charge < -0.3 is 20.1 Å². The predicted octanol–water partition coefficient (Wildman–Crippen LogP) is 0.937. The normalized spacial score (nSPS) is 14.7. The first-order chi connectivity index (χ1) is 9.79. The first kappa shape index (κ1) is 14.8. The van der Waals surface area contributed by atoms with Gasteiger partial charge in [0.05, 0.1) is 19.6 Å². The number of ether oxygens (including phenoxy) is 2. The Kier molecular flexibility index (Phi) is 5.83. The summed E-state index contributed by atoms with van der Waals surface area (Å²) in [7, 11) is 1.65. The van der Waals surface area contributed by atoms with Gasteiger partial charge in [-0.05, 0) is 24.1 Å². The van der Waals surface area contributed by atoms with E-state index < -0.39 is 0 Å². The summed E-state index contributed by atoms with van der Waals surface area (Å²) in [6, 6.07) is 7.82. The number of carbonyl (C=O) groups excluding carboxylic acids is 1. The summed E-state index contributed by atoms with van der Waals surface area (Å²) in [6.45, 7) is 3.53. The second kappa shape index (κ2) is 7.87. The molecule has 0 saturated carbocycles. The molecule has 1 aliphatic heterocycles. The van der Waals surface area contributed by atoms with Crippen molar-refractivity contribution >= 4 is 5.91 Å². The minimum absolute atomic E-state index is 0.152. The Morgan fingerprint density at radius 1 is 1.35 bits per heavy atom. The molecule has 1 amide bonds. The van der Waals surface area contributed by atoms with E-state index in [0.29, 0.717) is 19.8 Å². The number of rotatable bonds is 8. The first-order valence-electron chi connectivity index (χ1n) is 6.98. The molecule has 1 heterocycles. The molecule has 20 heavy (non-hydrogen) atoms. The summed E-state index contributed by atoms with van der Waals surface area (Å²) < 4.78 is 10.7. The molecule has 1 fully saturated rings. The molecule has 1 aliphatic rings. The molecule has 0 bridgehead atoms. The van der Waals surface area contributed by atoms with Crippen LogP contribution in [-0.4, -0.2) is 39.3 Å². The van der Waals surface area contributed by atoms with E-state index in [-0.39, 0.29) is 11.8 Å². The maximum Gasteiger partial charge on any atom is 0.225 e. The van der Waals surface area contributed by atoms with Gasteiger partial charge in [0.25, 0.3) is 0 Å². The molecule has 110 valence electrons. The van der Waals surface area contributed by atoms with Crippen LogP contribution in [0.1, 0.15) is 12.0 Å². The number of benzene rings is 1. The number of hydrogen-bond acceptors (Lipinski definition) is 4. The number of amides is 1. The summed E-state index contributed by atoms with van der Waals surface area (Å²) in [5.74, 6) is 1.16. The zero-order chi connectivity index (χ0) is 14.2. The van der Waals surface area contributed by atoms with Crippen molar-refractivity contribution in [2.75, 3.05) is 33.4 Å². The van der Waals surface area contributed by atoms with Crippen LogP contribution in [0.5, 0.6) is 5.75 Å². The van der Waals surface area contributed by atoms with Crippen molar-refractivity contribution in [2.45, 2.75) is 13.0 Å². The van der Waals surface area contributed by atoms with Gasteiger partial charge in [0.15, 0.2) is 0 Å². The fourth-order valence-electron chi connectivity index (χ4n) is 1.92. The molecule has 0 atom stereocenters. The van der Waals surface area contributed by atoms with Crippen LogP contribution in [0.25, 0.3) is 0 Å². The van der Waals surface area contributed by atoms with Crippen LogP contribution >= 0.6 is 0 Å². The third-order valence-electron chi connectivity index (χ3n) is 3.34. The zero-order valence-corrected chi connectivity index (χ0v) is 11.9. The molecule has 5 nitrogen and oxygen atoms in total. The summed E-state index contributed by atoms with van der Waals surface area (Å²) in [5.41, 5.74) is 1.12. The molecule has 0 aromatic heterocycles. The lowest BCUT2D eigenvalue weighted by molar-refractivity contribution is -0.126. The van der Waals surface area contributed by atoms with E-state index in [9.17, 15) is 4.79 Å². The molecule has 1 aromatic rings. The number of carbonyl (C=O) groups is 1. The largest absolute Gasteiger partial charge is 0.497 e. The van der Waals surface area contributed by atoms with Crippen molar-refractivity contribution in [2.24, 2.45) is 5.92 Å². The lowest BCUT2D eigenvalue weighted by atomic mass is 10.0. The van der Waals surface area contributed by atoms with E-state index in [1.54, 1.807) is 7.11 Å². The highest BCUT2D eigenvalue weighted by molar-refractivity contribution is 5.79. The molecule has 2 N–H and O–H groups in total. The minimum atomic E-state index is 0.152. The van der Waals surface area contributed by atoms with Crippen LogP contribution in [0, 0.1) is 5.92 Å². The highest BCUT2D eigenvalue weighted by Crippen LogP contribution is 2.11. The number of methoxy groups -OCH3 is 1. The Hall–Kier alpha value is -1.59. The van der Waals surface area contributed by atoms with Gasteiger partial charge in [0, 0.05) is 26.2 Å². The molecule has 5 heteroatoms. The van der Waals surface area contributed by atoms with Crippen LogP contribution in [0.15, 0.2) is 24.3 Å². The van der Waals surface area contributed by atoms with Gasteiger partial charge in [-0.25, -0.2) is 0 Å². The fourth-order valence-corrected chi connectivity index (χ4v) is 1.92. The Morgan fingerprint density at radius 3 is 2.70 bits per heavy atom. The molecule has 0 unspecified atom stereocenters. The van der Waals surface area contributed by atoms with Gasteiger partial charge in [0.1, 0.15) is 5.75 Å². The SMILES string of the molecule is COc1ccc(COCCCNC(=O)C2CNC2)cc1. The third kappa shape index (κ3) is 4.51. The molecule has 0 aliphatic carbocycles. The maximum absolute atomic E-state index is 11.5. The minimum Gasteiger partial charge on any atom is -0.497 e. The standard InChI is InChI=1S/C15H22N2O3/c1-19-14-5-3-12(4-6-14)11-20-8-2-7-17-15(18)13-9-16-10-13/h3-6,13,16H,2,7-11H2,1H3,(H,17,18). The van der Waals surface area contributed by atoms with Crippen molar-refractivity contribution in [3.8, 4) is 5.75 Å².